The summed E-state index contributed by atoms with van der Waals surface area (Å²) in [6.45, 7) is 4.38. The molecule has 0 spiro atoms. The molecular formula is C14H15N3O3. The highest BCUT2D eigenvalue weighted by atomic mass is 16.5. The van der Waals surface area contributed by atoms with Crippen LogP contribution in [0.5, 0.6) is 5.88 Å². The van der Waals surface area contributed by atoms with Gasteiger partial charge in [0.25, 0.3) is 0 Å². The van der Waals surface area contributed by atoms with Crippen molar-refractivity contribution < 1.29 is 14.3 Å². The molecule has 0 bridgehead atoms. The molecule has 0 aromatic carbocycles. The SMILES string of the molecule is CCOc1cc(C)c(-c2cncc(C(=O)OC)n2)cn1. The van der Waals surface area contributed by atoms with E-state index in [4.69, 9.17) is 4.74 Å². The third-order valence-electron chi connectivity index (χ3n) is 2.68. The largest absolute Gasteiger partial charge is 0.478 e. The molecule has 0 radical (unpaired) electrons. The Hall–Kier alpha value is -2.50. The Morgan fingerprint density at radius 1 is 1.30 bits per heavy atom. The van der Waals surface area contributed by atoms with E-state index in [1.54, 1.807) is 12.4 Å². The van der Waals surface area contributed by atoms with Crippen molar-refractivity contribution in [2.24, 2.45) is 0 Å². The first kappa shape index (κ1) is 13.9. The first-order valence-electron chi connectivity index (χ1n) is 6.16. The van der Waals surface area contributed by atoms with Gasteiger partial charge >= 0.3 is 5.97 Å². The maximum Gasteiger partial charge on any atom is 0.358 e. The molecule has 0 amide bonds. The van der Waals surface area contributed by atoms with Crippen LogP contribution in [0.4, 0.5) is 0 Å². The summed E-state index contributed by atoms with van der Waals surface area (Å²) in [4.78, 5) is 23.9. The van der Waals surface area contributed by atoms with Crippen LogP contribution < -0.4 is 4.74 Å². The standard InChI is InChI=1S/C14H15N3O3/c1-4-20-13-5-9(2)10(6-16-13)11-7-15-8-12(17-11)14(18)19-3/h5-8H,4H2,1-3H3. The van der Waals surface area contributed by atoms with Gasteiger partial charge in [-0.25, -0.2) is 14.8 Å². The number of hydrogen-bond acceptors (Lipinski definition) is 6. The molecule has 0 N–H and O–H groups in total. The van der Waals surface area contributed by atoms with Crippen LogP contribution in [0.1, 0.15) is 23.0 Å². The predicted molar refractivity (Wildman–Crippen MR) is 72.5 cm³/mol. The number of carbonyl (C=O) groups is 1. The topological polar surface area (TPSA) is 74.2 Å². The fraction of sp³-hybridized carbons (Fsp3) is 0.286. The summed E-state index contributed by atoms with van der Waals surface area (Å²) in [7, 11) is 1.31. The van der Waals surface area contributed by atoms with Crippen LogP contribution >= 0.6 is 0 Å². The molecule has 0 saturated heterocycles. The minimum atomic E-state index is -0.518. The summed E-state index contributed by atoms with van der Waals surface area (Å²) in [6.07, 6.45) is 4.61. The molecule has 2 rings (SSSR count). The lowest BCUT2D eigenvalue weighted by molar-refractivity contribution is 0.0593. The molecule has 2 aromatic rings. The van der Waals surface area contributed by atoms with Crippen LogP contribution in [0, 0.1) is 6.92 Å². The zero-order chi connectivity index (χ0) is 14.5. The van der Waals surface area contributed by atoms with Gasteiger partial charge in [0.2, 0.25) is 5.88 Å². The first-order chi connectivity index (χ1) is 9.65. The zero-order valence-electron chi connectivity index (χ0n) is 11.6. The lowest BCUT2D eigenvalue weighted by atomic mass is 10.1. The van der Waals surface area contributed by atoms with E-state index in [0.717, 1.165) is 11.1 Å². The Kier molecular flexibility index (Phi) is 4.24. The fourth-order valence-corrected chi connectivity index (χ4v) is 1.72. The van der Waals surface area contributed by atoms with Crippen molar-refractivity contribution in [1.82, 2.24) is 15.0 Å². The second-order valence-electron chi connectivity index (χ2n) is 4.05. The fourth-order valence-electron chi connectivity index (χ4n) is 1.72. The number of nitrogens with zero attached hydrogens (tertiary/aromatic N) is 3. The van der Waals surface area contributed by atoms with E-state index in [0.29, 0.717) is 18.2 Å². The number of hydrogen-bond donors (Lipinski definition) is 0. The number of carbonyl (C=O) groups excluding carboxylic acids is 1. The van der Waals surface area contributed by atoms with Gasteiger partial charge in [0.05, 0.1) is 31.8 Å². The van der Waals surface area contributed by atoms with Gasteiger partial charge in [-0.1, -0.05) is 0 Å². The summed E-state index contributed by atoms with van der Waals surface area (Å²) < 4.78 is 9.97. The normalized spacial score (nSPS) is 10.2. The van der Waals surface area contributed by atoms with E-state index in [2.05, 4.69) is 19.7 Å². The number of esters is 1. The van der Waals surface area contributed by atoms with Gasteiger partial charge in [0.1, 0.15) is 0 Å². The Bertz CT molecular complexity index is 629. The molecule has 0 saturated carbocycles. The summed E-state index contributed by atoms with van der Waals surface area (Å²) in [5.41, 5.74) is 2.48. The average molecular weight is 273 g/mol. The monoisotopic (exact) mass is 273 g/mol. The Morgan fingerprint density at radius 3 is 2.75 bits per heavy atom. The molecular weight excluding hydrogens is 258 g/mol. The quantitative estimate of drug-likeness (QED) is 0.793. The van der Waals surface area contributed by atoms with Crippen LogP contribution in [0.15, 0.2) is 24.7 Å². The summed E-state index contributed by atoms with van der Waals surface area (Å²) in [6, 6.07) is 1.82. The number of aryl methyl sites for hydroxylation is 1. The van der Waals surface area contributed by atoms with E-state index in [-0.39, 0.29) is 5.69 Å². The lowest BCUT2D eigenvalue weighted by Crippen LogP contribution is -2.06. The molecule has 0 aliphatic carbocycles. The smallest absolute Gasteiger partial charge is 0.358 e. The minimum Gasteiger partial charge on any atom is -0.478 e. The van der Waals surface area contributed by atoms with Crippen molar-refractivity contribution in [3.8, 4) is 17.1 Å². The third-order valence-corrected chi connectivity index (χ3v) is 2.68. The highest BCUT2D eigenvalue weighted by molar-refractivity contribution is 5.87. The maximum atomic E-state index is 11.5. The van der Waals surface area contributed by atoms with Gasteiger partial charge in [0, 0.05) is 17.8 Å². The molecule has 104 valence electrons. The van der Waals surface area contributed by atoms with Crippen molar-refractivity contribution in [3.05, 3.63) is 35.9 Å². The van der Waals surface area contributed by atoms with E-state index >= 15 is 0 Å². The Balaban J connectivity index is 2.38. The van der Waals surface area contributed by atoms with Gasteiger partial charge < -0.3 is 9.47 Å². The van der Waals surface area contributed by atoms with Crippen molar-refractivity contribution in [2.75, 3.05) is 13.7 Å². The molecule has 0 atom stereocenters. The van der Waals surface area contributed by atoms with Crippen LogP contribution in [-0.2, 0) is 4.74 Å². The first-order valence-corrected chi connectivity index (χ1v) is 6.16. The second-order valence-corrected chi connectivity index (χ2v) is 4.05. The highest BCUT2D eigenvalue weighted by Gasteiger charge is 2.12. The zero-order valence-corrected chi connectivity index (χ0v) is 11.6. The van der Waals surface area contributed by atoms with Crippen molar-refractivity contribution >= 4 is 5.97 Å². The van der Waals surface area contributed by atoms with Crippen LogP contribution in [0.2, 0.25) is 0 Å². The molecule has 0 aliphatic heterocycles. The molecule has 0 fully saturated rings. The number of aromatic nitrogens is 3. The summed E-state index contributed by atoms with van der Waals surface area (Å²) >= 11 is 0. The molecule has 0 aliphatic rings. The average Bonchev–Trinajstić information content (AvgIpc) is 2.47. The third kappa shape index (κ3) is 2.90. The second kappa shape index (κ2) is 6.10. The number of methoxy groups -OCH3 is 1. The van der Waals surface area contributed by atoms with Crippen molar-refractivity contribution in [2.45, 2.75) is 13.8 Å². The maximum absolute atomic E-state index is 11.5. The van der Waals surface area contributed by atoms with Gasteiger partial charge in [0.15, 0.2) is 5.69 Å². The molecule has 2 aromatic heterocycles. The molecule has 6 heteroatoms. The number of rotatable bonds is 4. The van der Waals surface area contributed by atoms with Gasteiger partial charge in [-0.15, -0.1) is 0 Å². The summed E-state index contributed by atoms with van der Waals surface area (Å²) in [5, 5.41) is 0. The van der Waals surface area contributed by atoms with E-state index in [9.17, 15) is 4.79 Å². The van der Waals surface area contributed by atoms with Crippen molar-refractivity contribution in [3.63, 3.8) is 0 Å². The Morgan fingerprint density at radius 2 is 2.10 bits per heavy atom. The van der Waals surface area contributed by atoms with Gasteiger partial charge in [-0.3, -0.25) is 4.98 Å². The van der Waals surface area contributed by atoms with Crippen LogP contribution in [0.25, 0.3) is 11.3 Å². The number of pyridine rings is 1. The van der Waals surface area contributed by atoms with Crippen molar-refractivity contribution in [1.29, 1.82) is 0 Å². The Labute approximate surface area is 116 Å². The summed E-state index contributed by atoms with van der Waals surface area (Å²) in [5.74, 6) is 0.0433. The number of ether oxygens (including phenoxy) is 2. The van der Waals surface area contributed by atoms with E-state index in [1.165, 1.54) is 13.3 Å². The minimum absolute atomic E-state index is 0.165. The molecule has 20 heavy (non-hydrogen) atoms. The van der Waals surface area contributed by atoms with Gasteiger partial charge in [-0.05, 0) is 19.4 Å². The van der Waals surface area contributed by atoms with E-state index < -0.39 is 5.97 Å². The molecule has 2 heterocycles. The van der Waals surface area contributed by atoms with Crippen LogP contribution in [-0.4, -0.2) is 34.6 Å². The predicted octanol–water partition coefficient (Wildman–Crippen LogP) is 2.03. The van der Waals surface area contributed by atoms with Gasteiger partial charge in [-0.2, -0.15) is 0 Å². The van der Waals surface area contributed by atoms with E-state index in [1.807, 2.05) is 19.9 Å². The highest BCUT2D eigenvalue weighted by Crippen LogP contribution is 2.23. The lowest BCUT2D eigenvalue weighted by Gasteiger charge is -2.08. The van der Waals surface area contributed by atoms with Crippen LogP contribution in [0.3, 0.4) is 0 Å². The molecule has 0 unspecified atom stereocenters. The molecule has 6 nitrogen and oxygen atoms in total.